The zero-order chi connectivity index (χ0) is 19.6. The highest BCUT2D eigenvalue weighted by atomic mass is 32.2. The van der Waals surface area contributed by atoms with Gasteiger partial charge in [0.1, 0.15) is 0 Å². The van der Waals surface area contributed by atoms with Crippen molar-refractivity contribution in [2.45, 2.75) is 24.8 Å². The molecule has 0 saturated carbocycles. The number of anilines is 1. The van der Waals surface area contributed by atoms with Crippen molar-refractivity contribution in [3.8, 4) is 11.5 Å². The highest BCUT2D eigenvalue weighted by Crippen LogP contribution is 2.31. The molecule has 27 heavy (non-hydrogen) atoms. The van der Waals surface area contributed by atoms with Gasteiger partial charge in [-0.05, 0) is 38.1 Å². The molecule has 0 aliphatic carbocycles. The summed E-state index contributed by atoms with van der Waals surface area (Å²) in [5, 5.41) is 0. The first-order chi connectivity index (χ1) is 12.9. The molecule has 1 fully saturated rings. The first kappa shape index (κ1) is 19.5. The van der Waals surface area contributed by atoms with Crippen molar-refractivity contribution in [1.29, 1.82) is 0 Å². The van der Waals surface area contributed by atoms with E-state index in [0.29, 0.717) is 31.1 Å². The van der Waals surface area contributed by atoms with Crippen molar-refractivity contribution in [3.63, 3.8) is 0 Å². The van der Waals surface area contributed by atoms with Gasteiger partial charge in [-0.25, -0.2) is 8.42 Å². The van der Waals surface area contributed by atoms with Crippen LogP contribution >= 0.6 is 0 Å². The number of sulfonamides is 1. The van der Waals surface area contributed by atoms with Crippen molar-refractivity contribution in [2.24, 2.45) is 0 Å². The van der Waals surface area contributed by atoms with Crippen LogP contribution in [0.25, 0.3) is 0 Å². The zero-order valence-corrected chi connectivity index (χ0v) is 17.0. The van der Waals surface area contributed by atoms with Crippen LogP contribution in [0.15, 0.2) is 47.4 Å². The average molecular weight is 391 g/mol. The number of nitrogens with zero attached hydrogens (tertiary/aromatic N) is 2. The molecule has 2 aromatic rings. The van der Waals surface area contributed by atoms with Gasteiger partial charge in [0, 0.05) is 37.4 Å². The van der Waals surface area contributed by atoms with Gasteiger partial charge >= 0.3 is 0 Å². The van der Waals surface area contributed by atoms with Gasteiger partial charge in [-0.15, -0.1) is 0 Å². The highest BCUT2D eigenvalue weighted by Gasteiger charge is 2.32. The van der Waals surface area contributed by atoms with Crippen LogP contribution in [0.3, 0.4) is 0 Å². The fraction of sp³-hybridized carbons (Fsp3) is 0.400. The van der Waals surface area contributed by atoms with E-state index in [1.807, 2.05) is 0 Å². The van der Waals surface area contributed by atoms with E-state index in [1.165, 1.54) is 25.8 Å². The van der Waals surface area contributed by atoms with Crippen LogP contribution < -0.4 is 14.4 Å². The lowest BCUT2D eigenvalue weighted by atomic mass is 10.1. The molecule has 1 aliphatic heterocycles. The molecule has 0 radical (unpaired) electrons. The molecule has 1 atom stereocenters. The van der Waals surface area contributed by atoms with Crippen LogP contribution in [0.4, 0.5) is 5.69 Å². The topological polar surface area (TPSA) is 59.1 Å². The smallest absolute Gasteiger partial charge is 0.243 e. The van der Waals surface area contributed by atoms with E-state index < -0.39 is 10.0 Å². The summed E-state index contributed by atoms with van der Waals surface area (Å²) < 4.78 is 38.2. The molecule has 146 valence electrons. The maximum Gasteiger partial charge on any atom is 0.243 e. The molecule has 1 heterocycles. The van der Waals surface area contributed by atoms with E-state index in [4.69, 9.17) is 9.47 Å². The van der Waals surface area contributed by atoms with Gasteiger partial charge in [-0.2, -0.15) is 4.31 Å². The predicted molar refractivity (Wildman–Crippen MR) is 106 cm³/mol. The summed E-state index contributed by atoms with van der Waals surface area (Å²) in [7, 11) is -0.571. The number of methoxy groups -OCH3 is 2. The summed E-state index contributed by atoms with van der Waals surface area (Å²) in [6, 6.07) is 13.1. The zero-order valence-electron chi connectivity index (χ0n) is 16.2. The fourth-order valence-corrected chi connectivity index (χ4v) is 4.92. The summed E-state index contributed by atoms with van der Waals surface area (Å²) in [5.74, 6) is 0.916. The number of rotatable bonds is 5. The Morgan fingerprint density at radius 3 is 2.22 bits per heavy atom. The first-order valence-corrected chi connectivity index (χ1v) is 10.4. The third-order valence-corrected chi connectivity index (χ3v) is 6.81. The molecule has 0 aromatic heterocycles. The Bertz CT molecular complexity index is 897. The molecule has 1 saturated heterocycles. The minimum Gasteiger partial charge on any atom is -0.493 e. The van der Waals surface area contributed by atoms with E-state index in [0.717, 1.165) is 5.69 Å². The standard InChI is InChI=1S/C20H26N2O4S/c1-15-5-7-17(8-6-15)22-12-11-21(14-16(22)2)27(23,24)18-9-10-19(25-3)20(13-18)26-4/h5-10,13,16H,11-12,14H2,1-4H3. The number of ether oxygens (including phenoxy) is 2. The van der Waals surface area contributed by atoms with Crippen LogP contribution in [0.1, 0.15) is 12.5 Å². The lowest BCUT2D eigenvalue weighted by Gasteiger charge is -2.40. The van der Waals surface area contributed by atoms with Gasteiger partial charge < -0.3 is 14.4 Å². The van der Waals surface area contributed by atoms with Crippen molar-refractivity contribution >= 4 is 15.7 Å². The van der Waals surface area contributed by atoms with E-state index in [-0.39, 0.29) is 10.9 Å². The molecular weight excluding hydrogens is 364 g/mol. The number of hydrogen-bond donors (Lipinski definition) is 0. The summed E-state index contributed by atoms with van der Waals surface area (Å²) in [5.41, 5.74) is 2.33. The third kappa shape index (κ3) is 3.89. The first-order valence-electron chi connectivity index (χ1n) is 8.92. The molecule has 0 amide bonds. The Hall–Kier alpha value is -2.25. The minimum absolute atomic E-state index is 0.0800. The SMILES string of the molecule is COc1ccc(S(=O)(=O)N2CCN(c3ccc(C)cc3)C(C)C2)cc1OC. The average Bonchev–Trinajstić information content (AvgIpc) is 2.68. The van der Waals surface area contributed by atoms with Gasteiger partial charge in [0.15, 0.2) is 11.5 Å². The molecule has 0 spiro atoms. The molecule has 7 heteroatoms. The summed E-state index contributed by atoms with van der Waals surface area (Å²) in [6.07, 6.45) is 0. The molecular formula is C20H26N2O4S. The maximum absolute atomic E-state index is 13.1. The van der Waals surface area contributed by atoms with Crippen LogP contribution in [0.5, 0.6) is 11.5 Å². The normalized spacial score (nSPS) is 18.4. The van der Waals surface area contributed by atoms with Crippen molar-refractivity contribution in [1.82, 2.24) is 4.31 Å². The monoisotopic (exact) mass is 390 g/mol. The second kappa shape index (κ2) is 7.78. The fourth-order valence-electron chi connectivity index (χ4n) is 3.39. The lowest BCUT2D eigenvalue weighted by molar-refractivity contribution is 0.340. The van der Waals surface area contributed by atoms with E-state index in [2.05, 4.69) is 43.0 Å². The molecule has 1 aliphatic rings. The van der Waals surface area contributed by atoms with Gasteiger partial charge in [0.05, 0.1) is 19.1 Å². The van der Waals surface area contributed by atoms with Crippen LogP contribution in [0, 0.1) is 6.92 Å². The molecule has 1 unspecified atom stereocenters. The second-order valence-electron chi connectivity index (χ2n) is 6.76. The van der Waals surface area contributed by atoms with E-state index in [1.54, 1.807) is 16.4 Å². The number of piperazine rings is 1. The second-order valence-corrected chi connectivity index (χ2v) is 8.70. The minimum atomic E-state index is -3.59. The van der Waals surface area contributed by atoms with Gasteiger partial charge in [0.25, 0.3) is 0 Å². The van der Waals surface area contributed by atoms with Gasteiger partial charge in [-0.1, -0.05) is 17.7 Å². The summed E-state index contributed by atoms with van der Waals surface area (Å²) in [6.45, 7) is 5.63. The van der Waals surface area contributed by atoms with Crippen LogP contribution in [-0.2, 0) is 10.0 Å². The Kier molecular flexibility index (Phi) is 5.62. The molecule has 3 rings (SSSR count). The Labute approximate surface area is 161 Å². The van der Waals surface area contributed by atoms with Crippen LogP contribution in [0.2, 0.25) is 0 Å². The van der Waals surface area contributed by atoms with Gasteiger partial charge in [0.2, 0.25) is 10.0 Å². The molecule has 2 aromatic carbocycles. The third-order valence-electron chi connectivity index (χ3n) is 4.95. The Balaban J connectivity index is 1.80. The Morgan fingerprint density at radius 2 is 1.63 bits per heavy atom. The predicted octanol–water partition coefficient (Wildman–Crippen LogP) is 2.91. The summed E-state index contributed by atoms with van der Waals surface area (Å²) in [4.78, 5) is 2.47. The molecule has 0 N–H and O–H groups in total. The molecule has 6 nitrogen and oxygen atoms in total. The van der Waals surface area contributed by atoms with Crippen molar-refractivity contribution in [3.05, 3.63) is 48.0 Å². The largest absolute Gasteiger partial charge is 0.493 e. The molecule has 0 bridgehead atoms. The number of benzene rings is 2. The highest BCUT2D eigenvalue weighted by molar-refractivity contribution is 7.89. The van der Waals surface area contributed by atoms with Crippen LogP contribution in [-0.4, -0.2) is 52.6 Å². The number of aryl methyl sites for hydroxylation is 1. The van der Waals surface area contributed by atoms with Crippen molar-refractivity contribution in [2.75, 3.05) is 38.8 Å². The Morgan fingerprint density at radius 1 is 0.963 bits per heavy atom. The van der Waals surface area contributed by atoms with Crippen molar-refractivity contribution < 1.29 is 17.9 Å². The maximum atomic E-state index is 13.1. The lowest BCUT2D eigenvalue weighted by Crippen LogP contribution is -2.53. The summed E-state index contributed by atoms with van der Waals surface area (Å²) >= 11 is 0. The van der Waals surface area contributed by atoms with Gasteiger partial charge in [-0.3, -0.25) is 0 Å². The van der Waals surface area contributed by atoms with E-state index >= 15 is 0 Å². The quantitative estimate of drug-likeness (QED) is 0.786. The van der Waals surface area contributed by atoms with E-state index in [9.17, 15) is 8.42 Å². The number of hydrogen-bond acceptors (Lipinski definition) is 5.